The highest BCUT2D eigenvalue weighted by Gasteiger charge is 2.49. The monoisotopic (exact) mass is 511 g/mol. The molecule has 2 aromatic rings. The second-order valence-electron chi connectivity index (χ2n) is 9.90. The van der Waals surface area contributed by atoms with E-state index < -0.39 is 22.9 Å². The van der Waals surface area contributed by atoms with Gasteiger partial charge in [0.1, 0.15) is 23.8 Å². The molecular formula is C24H29N7O4S. The van der Waals surface area contributed by atoms with Crippen molar-refractivity contribution < 1.29 is 19.2 Å². The predicted octanol–water partition coefficient (Wildman–Crippen LogP) is 0.510. The molecule has 4 heterocycles. The molecule has 5 rings (SSSR count). The maximum absolute atomic E-state index is 13.9. The first kappa shape index (κ1) is 24.3. The average molecular weight is 512 g/mol. The molecule has 0 spiro atoms. The van der Waals surface area contributed by atoms with Gasteiger partial charge in [-0.05, 0) is 37.8 Å². The van der Waals surface area contributed by atoms with E-state index in [-0.39, 0.29) is 30.2 Å². The Bertz CT molecular complexity index is 1220. The van der Waals surface area contributed by atoms with Gasteiger partial charge in [-0.25, -0.2) is 0 Å². The van der Waals surface area contributed by atoms with Gasteiger partial charge in [-0.3, -0.25) is 24.1 Å². The van der Waals surface area contributed by atoms with Gasteiger partial charge >= 0.3 is 0 Å². The van der Waals surface area contributed by atoms with Crippen LogP contribution in [0.2, 0.25) is 0 Å². The zero-order valence-electron chi connectivity index (χ0n) is 20.4. The smallest absolute Gasteiger partial charge is 0.250 e. The fourth-order valence-electron chi connectivity index (χ4n) is 5.33. The molecule has 1 saturated heterocycles. The van der Waals surface area contributed by atoms with Crippen LogP contribution in [-0.4, -0.2) is 72.7 Å². The molecule has 1 fully saturated rings. The van der Waals surface area contributed by atoms with Gasteiger partial charge in [0.05, 0.1) is 24.3 Å². The average Bonchev–Trinajstić information content (AvgIpc) is 3.54. The molecule has 0 bridgehead atoms. The number of hydrogen-bond acceptors (Lipinski definition) is 7. The van der Waals surface area contributed by atoms with Crippen LogP contribution in [-0.2, 0) is 38.6 Å². The second kappa shape index (κ2) is 9.23. The minimum atomic E-state index is -0.808. The van der Waals surface area contributed by atoms with Gasteiger partial charge in [0, 0.05) is 18.1 Å². The van der Waals surface area contributed by atoms with Crippen molar-refractivity contribution in [2.45, 2.75) is 69.5 Å². The summed E-state index contributed by atoms with van der Waals surface area (Å²) in [5.41, 5.74) is 3.26. The molecule has 3 aliphatic heterocycles. The Hall–Kier alpha value is -3.41. The molecule has 1 aromatic heterocycles. The first-order valence-electron chi connectivity index (χ1n) is 11.9. The number of aromatic nitrogens is 3. The summed E-state index contributed by atoms with van der Waals surface area (Å²) >= 11 is 1.54. The Balaban J connectivity index is 1.39. The molecule has 0 unspecified atom stereocenters. The lowest BCUT2D eigenvalue weighted by Gasteiger charge is -2.32. The first-order chi connectivity index (χ1) is 17.2. The van der Waals surface area contributed by atoms with E-state index >= 15 is 0 Å². The van der Waals surface area contributed by atoms with Gasteiger partial charge in [-0.15, -0.1) is 11.8 Å². The molecule has 190 valence electrons. The number of rotatable bonds is 5. The van der Waals surface area contributed by atoms with Crippen LogP contribution in [0.1, 0.15) is 44.0 Å². The third kappa shape index (κ3) is 4.23. The summed E-state index contributed by atoms with van der Waals surface area (Å²) < 4.78 is -0.489. The molecule has 36 heavy (non-hydrogen) atoms. The molecule has 3 atom stereocenters. The number of aromatic amines is 1. The van der Waals surface area contributed by atoms with Gasteiger partial charge in [-0.2, -0.15) is 15.4 Å². The molecule has 11 nitrogen and oxygen atoms in total. The lowest BCUT2D eigenvalue weighted by atomic mass is 9.99. The van der Waals surface area contributed by atoms with E-state index in [0.717, 1.165) is 16.8 Å². The highest BCUT2D eigenvalue weighted by atomic mass is 32.2. The number of benzene rings is 1. The van der Waals surface area contributed by atoms with Gasteiger partial charge in [0.15, 0.2) is 0 Å². The van der Waals surface area contributed by atoms with Crippen LogP contribution in [0.4, 0.5) is 5.69 Å². The largest absolute Gasteiger partial charge is 0.348 e. The van der Waals surface area contributed by atoms with Crippen molar-refractivity contribution >= 4 is 41.1 Å². The van der Waals surface area contributed by atoms with Crippen LogP contribution >= 0.6 is 11.8 Å². The summed E-state index contributed by atoms with van der Waals surface area (Å²) in [5.74, 6) is -0.715. The standard InChI is InChI=1S/C24H29N7O4S/c1-13(32)30-12-36-24(2,3)20(30)22(34)27-17-8-7-14-5-4-6-15-9-18(31(19(14)15)23(17)35)21(33)25-10-16-11-26-29-28-16/h4-6,11,17-18,20H,7-10,12H2,1-3H3,(H,25,33)(H,27,34)(H,26,28,29)/t17-,18-,20+/m0/s1. The second-order valence-corrected chi connectivity index (χ2v) is 11.5. The molecule has 0 saturated carbocycles. The Morgan fingerprint density at radius 1 is 1.22 bits per heavy atom. The van der Waals surface area contributed by atoms with E-state index in [4.69, 9.17) is 0 Å². The molecule has 0 radical (unpaired) electrons. The van der Waals surface area contributed by atoms with Crippen molar-refractivity contribution in [3.05, 3.63) is 41.2 Å². The number of aryl methyl sites for hydroxylation is 1. The van der Waals surface area contributed by atoms with E-state index in [1.165, 1.54) is 24.9 Å². The highest BCUT2D eigenvalue weighted by Crippen LogP contribution is 2.41. The number of nitrogens with zero attached hydrogens (tertiary/aromatic N) is 4. The van der Waals surface area contributed by atoms with Crippen LogP contribution in [0.5, 0.6) is 0 Å². The summed E-state index contributed by atoms with van der Waals surface area (Å²) in [7, 11) is 0. The number of carbonyl (C=O) groups is 4. The number of amides is 4. The number of H-pyrrole nitrogens is 1. The third-order valence-electron chi connectivity index (χ3n) is 7.13. The van der Waals surface area contributed by atoms with Crippen LogP contribution < -0.4 is 15.5 Å². The SMILES string of the molecule is CC(=O)N1CSC(C)(C)[C@H]1C(=O)N[C@H]1CCc2cccc3c2N(C1=O)[C@H](C(=O)NCc1cn[nH]n1)C3. The van der Waals surface area contributed by atoms with Crippen molar-refractivity contribution in [3.8, 4) is 0 Å². The van der Waals surface area contributed by atoms with Crippen LogP contribution in [0, 0.1) is 0 Å². The lowest BCUT2D eigenvalue weighted by Crippen LogP contribution is -2.59. The molecule has 3 aliphatic rings. The first-order valence-corrected chi connectivity index (χ1v) is 12.9. The van der Waals surface area contributed by atoms with Crippen molar-refractivity contribution in [2.75, 3.05) is 10.8 Å². The molecule has 4 amide bonds. The molecule has 3 N–H and O–H groups in total. The number of nitrogens with one attached hydrogen (secondary N) is 3. The van der Waals surface area contributed by atoms with Gasteiger partial charge in [0.2, 0.25) is 23.6 Å². The molecular weight excluding hydrogens is 482 g/mol. The van der Waals surface area contributed by atoms with Crippen molar-refractivity contribution in [1.29, 1.82) is 0 Å². The maximum atomic E-state index is 13.9. The number of anilines is 1. The van der Waals surface area contributed by atoms with Gasteiger partial charge in [-0.1, -0.05) is 18.2 Å². The number of carbonyl (C=O) groups excluding carboxylic acids is 4. The summed E-state index contributed by atoms with van der Waals surface area (Å²) in [6.07, 6.45) is 2.91. The van der Waals surface area contributed by atoms with E-state index in [1.54, 1.807) is 9.80 Å². The Morgan fingerprint density at radius 2 is 2.00 bits per heavy atom. The predicted molar refractivity (Wildman–Crippen MR) is 133 cm³/mol. The third-order valence-corrected chi connectivity index (χ3v) is 8.51. The van der Waals surface area contributed by atoms with Crippen LogP contribution in [0.25, 0.3) is 0 Å². The number of hydrogen-bond donors (Lipinski definition) is 3. The van der Waals surface area contributed by atoms with Crippen LogP contribution in [0.3, 0.4) is 0 Å². The van der Waals surface area contributed by atoms with E-state index in [0.29, 0.717) is 30.8 Å². The maximum Gasteiger partial charge on any atom is 0.250 e. The van der Waals surface area contributed by atoms with E-state index in [9.17, 15) is 19.2 Å². The van der Waals surface area contributed by atoms with Crippen molar-refractivity contribution in [3.63, 3.8) is 0 Å². The summed E-state index contributed by atoms with van der Waals surface area (Å²) in [6.45, 7) is 5.49. The molecule has 0 aliphatic carbocycles. The fraction of sp³-hybridized carbons (Fsp3) is 0.500. The van der Waals surface area contributed by atoms with Crippen molar-refractivity contribution in [2.24, 2.45) is 0 Å². The summed E-state index contributed by atoms with van der Waals surface area (Å²) in [4.78, 5) is 55.8. The van der Waals surface area contributed by atoms with E-state index in [1.807, 2.05) is 32.0 Å². The lowest BCUT2D eigenvalue weighted by molar-refractivity contribution is -0.139. The topological polar surface area (TPSA) is 140 Å². The van der Waals surface area contributed by atoms with Crippen LogP contribution in [0.15, 0.2) is 24.4 Å². The number of thioether (sulfide) groups is 1. The highest BCUT2D eigenvalue weighted by molar-refractivity contribution is 8.00. The zero-order valence-corrected chi connectivity index (χ0v) is 21.2. The minimum absolute atomic E-state index is 0.180. The number of para-hydroxylation sites is 1. The molecule has 12 heteroatoms. The Labute approximate surface area is 212 Å². The minimum Gasteiger partial charge on any atom is -0.348 e. The summed E-state index contributed by atoms with van der Waals surface area (Å²) in [5, 5.41) is 16.0. The van der Waals surface area contributed by atoms with E-state index in [2.05, 4.69) is 26.0 Å². The van der Waals surface area contributed by atoms with Gasteiger partial charge in [0.25, 0.3) is 0 Å². The summed E-state index contributed by atoms with van der Waals surface area (Å²) in [6, 6.07) is 3.62. The zero-order chi connectivity index (χ0) is 25.6. The van der Waals surface area contributed by atoms with Gasteiger partial charge < -0.3 is 15.5 Å². The normalized spacial score (nSPS) is 24.3. The quantitative estimate of drug-likeness (QED) is 0.531. The fourth-order valence-corrected chi connectivity index (χ4v) is 6.52. The molecule has 1 aromatic carbocycles. The Kier molecular flexibility index (Phi) is 6.23. The van der Waals surface area contributed by atoms with Crippen molar-refractivity contribution in [1.82, 2.24) is 30.9 Å². The Morgan fingerprint density at radius 3 is 2.72 bits per heavy atom.